The van der Waals surface area contributed by atoms with Crippen molar-refractivity contribution < 1.29 is 9.53 Å². The molecule has 0 fully saturated rings. The summed E-state index contributed by atoms with van der Waals surface area (Å²) in [6.45, 7) is 0. The standard InChI is InChI=1S/C16H12N4O2S/c17-14-9(4-3-7-18-14)16-20-11(8-23-16)13-15(21)19-10-5-1-2-6-12(10)22-13/h1-8,13H,(H2,17,18)(H,19,21). The zero-order chi connectivity index (χ0) is 15.8. The highest BCUT2D eigenvalue weighted by Crippen LogP contribution is 2.36. The maximum Gasteiger partial charge on any atom is 0.271 e. The summed E-state index contributed by atoms with van der Waals surface area (Å²) in [6.07, 6.45) is 0.856. The van der Waals surface area contributed by atoms with Gasteiger partial charge in [0, 0.05) is 11.6 Å². The van der Waals surface area contributed by atoms with E-state index in [2.05, 4.69) is 15.3 Å². The topological polar surface area (TPSA) is 90.1 Å². The molecule has 3 N–H and O–H groups in total. The number of aromatic nitrogens is 2. The second-order valence-electron chi connectivity index (χ2n) is 5.00. The van der Waals surface area contributed by atoms with Crippen LogP contribution in [-0.4, -0.2) is 15.9 Å². The summed E-state index contributed by atoms with van der Waals surface area (Å²) in [5.41, 5.74) is 7.85. The number of rotatable bonds is 2. The van der Waals surface area contributed by atoms with Gasteiger partial charge >= 0.3 is 0 Å². The van der Waals surface area contributed by atoms with Gasteiger partial charge in [-0.2, -0.15) is 0 Å². The number of hydrogen-bond donors (Lipinski definition) is 2. The summed E-state index contributed by atoms with van der Waals surface area (Å²) in [7, 11) is 0. The Morgan fingerprint density at radius 3 is 2.96 bits per heavy atom. The fourth-order valence-corrected chi connectivity index (χ4v) is 3.24. The first-order valence-electron chi connectivity index (χ1n) is 6.95. The third-order valence-electron chi connectivity index (χ3n) is 3.49. The van der Waals surface area contributed by atoms with Gasteiger partial charge in [0.2, 0.25) is 6.10 Å². The number of nitrogens with zero attached hydrogens (tertiary/aromatic N) is 2. The minimum absolute atomic E-state index is 0.236. The summed E-state index contributed by atoms with van der Waals surface area (Å²) < 4.78 is 5.79. The Hall–Kier alpha value is -2.93. The zero-order valence-electron chi connectivity index (χ0n) is 11.9. The van der Waals surface area contributed by atoms with E-state index in [1.165, 1.54) is 11.3 Å². The first-order valence-corrected chi connectivity index (χ1v) is 7.83. The lowest BCUT2D eigenvalue weighted by Gasteiger charge is -2.24. The van der Waals surface area contributed by atoms with Gasteiger partial charge in [-0.15, -0.1) is 11.3 Å². The van der Waals surface area contributed by atoms with Gasteiger partial charge in [-0.25, -0.2) is 9.97 Å². The van der Waals surface area contributed by atoms with Crippen molar-refractivity contribution in [2.24, 2.45) is 0 Å². The molecule has 0 saturated heterocycles. The number of carbonyl (C=O) groups excluding carboxylic acids is 1. The molecule has 3 aromatic rings. The molecule has 1 aliphatic rings. The summed E-state index contributed by atoms with van der Waals surface area (Å²) in [6, 6.07) is 11.0. The molecular formula is C16H12N4O2S. The van der Waals surface area contributed by atoms with Crippen LogP contribution in [-0.2, 0) is 4.79 Å². The first-order chi connectivity index (χ1) is 11.2. The molecule has 0 saturated carbocycles. The van der Waals surface area contributed by atoms with Crippen LogP contribution in [0, 0.1) is 0 Å². The molecule has 1 atom stereocenters. The fraction of sp³-hybridized carbons (Fsp3) is 0.0625. The lowest BCUT2D eigenvalue weighted by Crippen LogP contribution is -2.30. The van der Waals surface area contributed by atoms with Gasteiger partial charge in [0.05, 0.1) is 11.3 Å². The minimum atomic E-state index is -0.771. The quantitative estimate of drug-likeness (QED) is 0.756. The predicted octanol–water partition coefficient (Wildman–Crippen LogP) is 2.86. The highest BCUT2D eigenvalue weighted by atomic mass is 32.1. The molecular weight excluding hydrogens is 312 g/mol. The van der Waals surface area contributed by atoms with E-state index in [9.17, 15) is 4.79 Å². The number of para-hydroxylation sites is 2. The number of nitrogens with one attached hydrogen (secondary N) is 1. The van der Waals surface area contributed by atoms with Crippen molar-refractivity contribution in [3.8, 4) is 16.3 Å². The average Bonchev–Trinajstić information content (AvgIpc) is 3.04. The summed E-state index contributed by atoms with van der Waals surface area (Å²) >= 11 is 1.40. The number of thiazole rings is 1. The van der Waals surface area contributed by atoms with Crippen molar-refractivity contribution in [1.82, 2.24) is 9.97 Å². The van der Waals surface area contributed by atoms with Crippen molar-refractivity contribution in [3.63, 3.8) is 0 Å². The van der Waals surface area contributed by atoms with Crippen molar-refractivity contribution >= 4 is 28.7 Å². The molecule has 23 heavy (non-hydrogen) atoms. The second-order valence-corrected chi connectivity index (χ2v) is 5.86. The molecule has 1 unspecified atom stereocenters. The molecule has 4 rings (SSSR count). The lowest BCUT2D eigenvalue weighted by molar-refractivity contribution is -0.123. The van der Waals surface area contributed by atoms with Crippen LogP contribution >= 0.6 is 11.3 Å². The monoisotopic (exact) mass is 324 g/mol. The first kappa shape index (κ1) is 13.7. The SMILES string of the molecule is Nc1ncccc1-c1nc(C2Oc3ccccc3NC2=O)cs1. The molecule has 3 heterocycles. The largest absolute Gasteiger partial charge is 0.472 e. The van der Waals surface area contributed by atoms with Crippen LogP contribution < -0.4 is 15.8 Å². The summed E-state index contributed by atoms with van der Waals surface area (Å²) in [4.78, 5) is 20.8. The number of amides is 1. The predicted molar refractivity (Wildman–Crippen MR) is 88.2 cm³/mol. The Balaban J connectivity index is 1.68. The Morgan fingerprint density at radius 1 is 1.22 bits per heavy atom. The number of pyridine rings is 1. The van der Waals surface area contributed by atoms with Crippen molar-refractivity contribution in [2.75, 3.05) is 11.1 Å². The number of benzene rings is 1. The minimum Gasteiger partial charge on any atom is -0.472 e. The zero-order valence-corrected chi connectivity index (χ0v) is 12.7. The number of hydrogen-bond acceptors (Lipinski definition) is 6. The van der Waals surface area contributed by atoms with E-state index in [0.29, 0.717) is 28.0 Å². The van der Waals surface area contributed by atoms with Gasteiger partial charge in [-0.3, -0.25) is 4.79 Å². The van der Waals surface area contributed by atoms with Crippen molar-refractivity contribution in [3.05, 3.63) is 53.7 Å². The highest BCUT2D eigenvalue weighted by Gasteiger charge is 2.31. The number of ether oxygens (including phenoxy) is 1. The summed E-state index contributed by atoms with van der Waals surface area (Å²) in [5.74, 6) is 0.806. The second kappa shape index (κ2) is 5.36. The van der Waals surface area contributed by atoms with Crippen molar-refractivity contribution in [1.29, 1.82) is 0 Å². The maximum atomic E-state index is 12.3. The molecule has 1 aliphatic heterocycles. The van der Waals surface area contributed by atoms with Gasteiger partial charge < -0.3 is 15.8 Å². The Morgan fingerprint density at radius 2 is 2.09 bits per heavy atom. The fourth-order valence-electron chi connectivity index (χ4n) is 2.37. The molecule has 114 valence electrons. The van der Waals surface area contributed by atoms with Crippen LogP contribution in [0.15, 0.2) is 48.0 Å². The third-order valence-corrected chi connectivity index (χ3v) is 4.38. The molecule has 0 aliphatic carbocycles. The molecule has 1 aromatic carbocycles. The maximum absolute atomic E-state index is 12.3. The average molecular weight is 324 g/mol. The van der Waals surface area contributed by atoms with E-state index in [1.54, 1.807) is 23.7 Å². The van der Waals surface area contributed by atoms with Crippen LogP contribution in [0.1, 0.15) is 11.8 Å². The van der Waals surface area contributed by atoms with E-state index in [0.717, 1.165) is 5.56 Å². The Bertz CT molecular complexity index is 893. The number of fused-ring (bicyclic) bond motifs is 1. The van der Waals surface area contributed by atoms with Gasteiger partial charge in [0.25, 0.3) is 5.91 Å². The molecule has 2 aromatic heterocycles. The van der Waals surface area contributed by atoms with Gasteiger partial charge in [0.15, 0.2) is 0 Å². The molecule has 0 radical (unpaired) electrons. The van der Waals surface area contributed by atoms with Crippen LogP contribution in [0.2, 0.25) is 0 Å². The van der Waals surface area contributed by atoms with Crippen molar-refractivity contribution in [2.45, 2.75) is 6.10 Å². The third kappa shape index (κ3) is 2.40. The molecule has 7 heteroatoms. The van der Waals surface area contributed by atoms with E-state index in [4.69, 9.17) is 10.5 Å². The number of anilines is 2. The number of carbonyl (C=O) groups is 1. The van der Waals surface area contributed by atoms with Crippen LogP contribution in [0.3, 0.4) is 0 Å². The smallest absolute Gasteiger partial charge is 0.271 e. The highest BCUT2D eigenvalue weighted by molar-refractivity contribution is 7.13. The van der Waals surface area contributed by atoms with E-state index in [1.807, 2.05) is 24.3 Å². The molecule has 1 amide bonds. The lowest BCUT2D eigenvalue weighted by atomic mass is 10.2. The van der Waals surface area contributed by atoms with Gasteiger partial charge in [-0.05, 0) is 24.3 Å². The van der Waals surface area contributed by atoms with Crippen LogP contribution in [0.25, 0.3) is 10.6 Å². The van der Waals surface area contributed by atoms with Crippen LogP contribution in [0.4, 0.5) is 11.5 Å². The van der Waals surface area contributed by atoms with Gasteiger partial charge in [-0.1, -0.05) is 12.1 Å². The molecule has 0 bridgehead atoms. The normalized spacial score (nSPS) is 16.3. The Kier molecular flexibility index (Phi) is 3.20. The molecule has 0 spiro atoms. The van der Waals surface area contributed by atoms with Crippen LogP contribution in [0.5, 0.6) is 5.75 Å². The Labute approximate surface area is 136 Å². The van der Waals surface area contributed by atoms with E-state index >= 15 is 0 Å². The number of nitrogens with two attached hydrogens (primary N) is 1. The van der Waals surface area contributed by atoms with E-state index < -0.39 is 6.10 Å². The summed E-state index contributed by atoms with van der Waals surface area (Å²) in [5, 5.41) is 5.35. The molecule has 6 nitrogen and oxygen atoms in total. The van der Waals surface area contributed by atoms with E-state index in [-0.39, 0.29) is 5.91 Å². The van der Waals surface area contributed by atoms with Gasteiger partial charge in [0.1, 0.15) is 22.3 Å². The number of nitrogen functional groups attached to an aromatic ring is 1.